The van der Waals surface area contributed by atoms with Crippen LogP contribution >= 0.6 is 0 Å². The van der Waals surface area contributed by atoms with E-state index in [-0.39, 0.29) is 17.1 Å². The molecule has 23 heavy (non-hydrogen) atoms. The molecule has 0 aliphatic heterocycles. The van der Waals surface area contributed by atoms with Gasteiger partial charge in [-0.1, -0.05) is 5.92 Å². The Kier molecular flexibility index (Phi) is 4.98. The van der Waals surface area contributed by atoms with Crippen molar-refractivity contribution in [2.45, 2.75) is 4.90 Å². The highest BCUT2D eigenvalue weighted by molar-refractivity contribution is 7.92. The number of hydrogen-bond acceptors (Lipinski definition) is 3. The van der Waals surface area contributed by atoms with E-state index in [0.717, 1.165) is 12.1 Å². The van der Waals surface area contributed by atoms with Crippen molar-refractivity contribution >= 4 is 21.6 Å². The Morgan fingerprint density at radius 2 is 1.70 bits per heavy atom. The van der Waals surface area contributed by atoms with Crippen molar-refractivity contribution in [1.82, 2.24) is 5.32 Å². The predicted octanol–water partition coefficient (Wildman–Crippen LogP) is 1.99. The second-order valence-corrected chi connectivity index (χ2v) is 6.21. The molecule has 0 aliphatic rings. The van der Waals surface area contributed by atoms with Gasteiger partial charge in [-0.05, 0) is 48.5 Å². The molecule has 2 N–H and O–H groups in total. The fourth-order valence-corrected chi connectivity index (χ4v) is 2.81. The number of amides is 1. The van der Waals surface area contributed by atoms with Gasteiger partial charge in [-0.15, -0.1) is 6.42 Å². The maximum absolute atomic E-state index is 12.8. The van der Waals surface area contributed by atoms with Crippen molar-refractivity contribution in [3.8, 4) is 12.3 Å². The number of nitrogens with one attached hydrogen (secondary N) is 2. The molecule has 0 fully saturated rings. The molecule has 0 radical (unpaired) electrons. The highest BCUT2D eigenvalue weighted by Gasteiger charge is 2.15. The fourth-order valence-electron chi connectivity index (χ4n) is 1.75. The van der Waals surface area contributed by atoms with Crippen LogP contribution in [0.15, 0.2) is 53.4 Å². The smallest absolute Gasteiger partial charge is 0.261 e. The van der Waals surface area contributed by atoms with E-state index in [1.165, 1.54) is 36.4 Å². The van der Waals surface area contributed by atoms with Crippen molar-refractivity contribution in [3.05, 3.63) is 59.9 Å². The Hall–Kier alpha value is -2.85. The molecular weight excluding hydrogens is 319 g/mol. The third-order valence-corrected chi connectivity index (χ3v) is 4.27. The Morgan fingerprint density at radius 3 is 2.26 bits per heavy atom. The van der Waals surface area contributed by atoms with Gasteiger partial charge in [-0.3, -0.25) is 9.52 Å². The molecule has 0 aromatic heterocycles. The average molecular weight is 332 g/mol. The molecule has 2 aromatic rings. The van der Waals surface area contributed by atoms with Crippen LogP contribution in [0.3, 0.4) is 0 Å². The van der Waals surface area contributed by atoms with Gasteiger partial charge in [0.25, 0.3) is 15.9 Å². The van der Waals surface area contributed by atoms with E-state index < -0.39 is 21.7 Å². The summed E-state index contributed by atoms with van der Waals surface area (Å²) >= 11 is 0. The zero-order valence-electron chi connectivity index (χ0n) is 11.9. The van der Waals surface area contributed by atoms with Crippen LogP contribution in [-0.2, 0) is 10.0 Å². The van der Waals surface area contributed by atoms with Crippen LogP contribution in [0, 0.1) is 18.2 Å². The molecule has 0 atom stereocenters. The van der Waals surface area contributed by atoms with Gasteiger partial charge in [0.15, 0.2) is 0 Å². The first-order valence-electron chi connectivity index (χ1n) is 6.52. The molecule has 0 heterocycles. The number of carbonyl (C=O) groups excluding carboxylic acids is 1. The zero-order chi connectivity index (χ0) is 16.9. The minimum absolute atomic E-state index is 0.0182. The van der Waals surface area contributed by atoms with Gasteiger partial charge in [0.2, 0.25) is 0 Å². The Bertz CT molecular complexity index is 838. The quantitative estimate of drug-likeness (QED) is 0.822. The number of carbonyl (C=O) groups is 1. The van der Waals surface area contributed by atoms with E-state index in [4.69, 9.17) is 6.42 Å². The molecule has 0 saturated heterocycles. The number of terminal acetylenes is 1. The van der Waals surface area contributed by atoms with Crippen molar-refractivity contribution < 1.29 is 17.6 Å². The van der Waals surface area contributed by atoms with Crippen molar-refractivity contribution in [2.75, 3.05) is 11.3 Å². The SMILES string of the molecule is C#CCNC(=O)c1ccc(S(=O)(=O)Nc2ccc(F)cc2)cc1. The summed E-state index contributed by atoms with van der Waals surface area (Å²) < 4.78 is 39.6. The number of sulfonamides is 1. The van der Waals surface area contributed by atoms with Crippen molar-refractivity contribution in [1.29, 1.82) is 0 Å². The summed E-state index contributed by atoms with van der Waals surface area (Å²) in [6, 6.07) is 10.3. The van der Waals surface area contributed by atoms with Crippen LogP contribution in [0.5, 0.6) is 0 Å². The lowest BCUT2D eigenvalue weighted by molar-refractivity contribution is 0.0958. The predicted molar refractivity (Wildman–Crippen MR) is 84.8 cm³/mol. The van der Waals surface area contributed by atoms with Gasteiger partial charge in [-0.25, -0.2) is 12.8 Å². The summed E-state index contributed by atoms with van der Waals surface area (Å²) in [4.78, 5) is 11.7. The first-order chi connectivity index (χ1) is 10.9. The molecule has 7 heteroatoms. The van der Waals surface area contributed by atoms with Gasteiger partial charge in [-0.2, -0.15) is 0 Å². The van der Waals surface area contributed by atoms with Crippen LogP contribution in [0.2, 0.25) is 0 Å². The summed E-state index contributed by atoms with van der Waals surface area (Å²) in [5.41, 5.74) is 0.531. The second-order valence-electron chi connectivity index (χ2n) is 4.52. The summed E-state index contributed by atoms with van der Waals surface area (Å²) in [5.74, 6) is 1.42. The highest BCUT2D eigenvalue weighted by atomic mass is 32.2. The summed E-state index contributed by atoms with van der Waals surface area (Å²) in [6.07, 6.45) is 5.04. The van der Waals surface area contributed by atoms with Gasteiger partial charge >= 0.3 is 0 Å². The number of halogens is 1. The van der Waals surface area contributed by atoms with E-state index in [0.29, 0.717) is 5.56 Å². The van der Waals surface area contributed by atoms with Gasteiger partial charge in [0.1, 0.15) is 5.82 Å². The van der Waals surface area contributed by atoms with Gasteiger partial charge in [0, 0.05) is 11.3 Å². The first-order valence-corrected chi connectivity index (χ1v) is 8.01. The zero-order valence-corrected chi connectivity index (χ0v) is 12.7. The molecule has 1 amide bonds. The highest BCUT2D eigenvalue weighted by Crippen LogP contribution is 2.17. The second kappa shape index (κ2) is 6.94. The maximum atomic E-state index is 12.8. The number of rotatable bonds is 5. The van der Waals surface area contributed by atoms with Crippen molar-refractivity contribution in [3.63, 3.8) is 0 Å². The van der Waals surface area contributed by atoms with E-state index >= 15 is 0 Å². The fraction of sp³-hybridized carbons (Fsp3) is 0.0625. The molecule has 0 bridgehead atoms. The number of anilines is 1. The van der Waals surface area contributed by atoms with E-state index in [9.17, 15) is 17.6 Å². The van der Waals surface area contributed by atoms with Crippen LogP contribution in [0.1, 0.15) is 10.4 Å². The summed E-state index contributed by atoms with van der Waals surface area (Å²) in [6.45, 7) is 0.0883. The lowest BCUT2D eigenvalue weighted by Crippen LogP contribution is -2.23. The standard InChI is InChI=1S/C16H13FN2O3S/c1-2-11-18-16(20)12-3-9-15(10-4-12)23(21,22)19-14-7-5-13(17)6-8-14/h1,3-10,19H,11H2,(H,18,20). The molecule has 2 rings (SSSR count). The molecule has 0 aliphatic carbocycles. The maximum Gasteiger partial charge on any atom is 0.261 e. The first kappa shape index (κ1) is 16.5. The molecule has 0 spiro atoms. The molecular formula is C16H13FN2O3S. The molecule has 0 unspecified atom stereocenters. The molecule has 0 saturated carbocycles. The van der Waals surface area contributed by atoms with E-state index in [1.807, 2.05) is 0 Å². The third-order valence-electron chi connectivity index (χ3n) is 2.87. The normalized spacial score (nSPS) is 10.6. The average Bonchev–Trinajstić information content (AvgIpc) is 2.54. The van der Waals surface area contributed by atoms with Crippen LogP contribution in [0.25, 0.3) is 0 Å². The monoisotopic (exact) mass is 332 g/mol. The van der Waals surface area contributed by atoms with E-state index in [2.05, 4.69) is 16.0 Å². The van der Waals surface area contributed by atoms with Crippen molar-refractivity contribution in [2.24, 2.45) is 0 Å². The minimum atomic E-state index is -3.82. The Labute approximate surface area is 133 Å². The Morgan fingerprint density at radius 1 is 1.09 bits per heavy atom. The number of benzene rings is 2. The molecule has 118 valence electrons. The molecule has 2 aromatic carbocycles. The lowest BCUT2D eigenvalue weighted by Gasteiger charge is -2.08. The van der Waals surface area contributed by atoms with Crippen LogP contribution < -0.4 is 10.0 Å². The molecule has 5 nitrogen and oxygen atoms in total. The van der Waals surface area contributed by atoms with Gasteiger partial charge < -0.3 is 5.32 Å². The van der Waals surface area contributed by atoms with Gasteiger partial charge in [0.05, 0.1) is 11.4 Å². The number of hydrogen-bond donors (Lipinski definition) is 2. The largest absolute Gasteiger partial charge is 0.341 e. The van der Waals surface area contributed by atoms with Crippen LogP contribution in [-0.4, -0.2) is 20.9 Å². The summed E-state index contributed by atoms with van der Waals surface area (Å²) in [7, 11) is -3.82. The minimum Gasteiger partial charge on any atom is -0.341 e. The summed E-state index contributed by atoms with van der Waals surface area (Å²) in [5, 5.41) is 2.48. The topological polar surface area (TPSA) is 75.3 Å². The third kappa shape index (κ3) is 4.31. The van der Waals surface area contributed by atoms with E-state index in [1.54, 1.807) is 0 Å². The Balaban J connectivity index is 2.15. The van der Waals surface area contributed by atoms with Crippen LogP contribution in [0.4, 0.5) is 10.1 Å². The lowest BCUT2D eigenvalue weighted by atomic mass is 10.2.